The monoisotopic (exact) mass is 568 g/mol. The Morgan fingerprint density at radius 1 is 1.24 bits per heavy atom. The highest BCUT2D eigenvalue weighted by molar-refractivity contribution is 14.1. The van der Waals surface area contributed by atoms with Crippen LogP contribution in [0.25, 0.3) is 10.2 Å². The molecule has 154 valence electrons. The Kier molecular flexibility index (Phi) is 6.36. The largest absolute Gasteiger partial charge is 0.495 e. The Bertz CT molecular complexity index is 1190. The second-order valence-electron chi connectivity index (χ2n) is 5.66. The normalized spacial score (nSPS) is 11.3. The van der Waals surface area contributed by atoms with Crippen LogP contribution in [-0.4, -0.2) is 44.8 Å². The van der Waals surface area contributed by atoms with Crippen LogP contribution in [0.5, 0.6) is 11.5 Å². The number of thiophene rings is 1. The van der Waals surface area contributed by atoms with E-state index in [-0.39, 0.29) is 16.4 Å². The van der Waals surface area contributed by atoms with Gasteiger partial charge < -0.3 is 14.8 Å². The second kappa shape index (κ2) is 8.45. The number of ether oxygens (including phenoxy) is 2. The van der Waals surface area contributed by atoms with Gasteiger partial charge in [-0.15, -0.1) is 11.3 Å². The number of nitrogens with one attached hydrogen (secondary N) is 2. The van der Waals surface area contributed by atoms with Gasteiger partial charge in [-0.05, 0) is 22.6 Å². The summed E-state index contributed by atoms with van der Waals surface area (Å²) in [7, 11) is -0.582. The lowest BCUT2D eigenvalue weighted by molar-refractivity contribution is 0.102. The summed E-state index contributed by atoms with van der Waals surface area (Å²) < 4.78 is 37.0. The van der Waals surface area contributed by atoms with E-state index < -0.39 is 15.9 Å². The number of methoxy groups -OCH3 is 2. The van der Waals surface area contributed by atoms with Crippen LogP contribution in [0.2, 0.25) is 5.02 Å². The number of halogens is 2. The second-order valence-corrected chi connectivity index (χ2v) is 9.75. The van der Waals surface area contributed by atoms with Crippen LogP contribution >= 0.6 is 45.5 Å². The van der Waals surface area contributed by atoms with Crippen molar-refractivity contribution in [3.63, 3.8) is 0 Å². The number of carbonyl (C=O) groups is 1. The van der Waals surface area contributed by atoms with Crippen molar-refractivity contribution in [2.75, 3.05) is 30.5 Å². The van der Waals surface area contributed by atoms with Gasteiger partial charge in [0.2, 0.25) is 10.0 Å². The maximum atomic E-state index is 12.9. The van der Waals surface area contributed by atoms with Gasteiger partial charge in [0.1, 0.15) is 22.8 Å². The van der Waals surface area contributed by atoms with Crippen LogP contribution in [0.3, 0.4) is 0 Å². The molecule has 0 aliphatic rings. The molecule has 2 aromatic heterocycles. The van der Waals surface area contributed by atoms with E-state index in [1.165, 1.54) is 20.5 Å². The van der Waals surface area contributed by atoms with Crippen molar-refractivity contribution in [2.24, 2.45) is 0 Å². The quantitative estimate of drug-likeness (QED) is 0.436. The summed E-state index contributed by atoms with van der Waals surface area (Å²) in [5.41, 5.74) is 0.892. The molecule has 2 heterocycles. The third-order valence-electron chi connectivity index (χ3n) is 3.69. The zero-order chi connectivity index (χ0) is 21.3. The number of aromatic nitrogens is 2. The summed E-state index contributed by atoms with van der Waals surface area (Å²) in [6, 6.07) is 1.62. The molecule has 0 saturated heterocycles. The number of benzene rings is 1. The van der Waals surface area contributed by atoms with Crippen LogP contribution in [0.1, 0.15) is 10.4 Å². The first-order chi connectivity index (χ1) is 13.7. The number of hydrogen-bond donors (Lipinski definition) is 2. The fourth-order valence-corrected chi connectivity index (χ4v) is 5.16. The van der Waals surface area contributed by atoms with Crippen molar-refractivity contribution in [3.8, 4) is 11.5 Å². The van der Waals surface area contributed by atoms with Crippen LogP contribution < -0.4 is 19.5 Å². The molecular formula is C16H14ClIN4O5S2. The van der Waals surface area contributed by atoms with Gasteiger partial charge in [-0.1, -0.05) is 11.6 Å². The topological polar surface area (TPSA) is 120 Å². The van der Waals surface area contributed by atoms with Crippen molar-refractivity contribution in [3.05, 3.63) is 31.9 Å². The van der Waals surface area contributed by atoms with Crippen molar-refractivity contribution in [1.29, 1.82) is 0 Å². The van der Waals surface area contributed by atoms with Crippen molar-refractivity contribution in [2.45, 2.75) is 0 Å². The van der Waals surface area contributed by atoms with Gasteiger partial charge in [-0.2, -0.15) is 0 Å². The molecule has 0 radical (unpaired) electrons. The number of carbonyl (C=O) groups excluding carboxylic acids is 1. The molecule has 1 aromatic carbocycles. The van der Waals surface area contributed by atoms with Gasteiger partial charge in [-0.25, -0.2) is 18.4 Å². The number of hydrogen-bond acceptors (Lipinski definition) is 8. The van der Waals surface area contributed by atoms with Gasteiger partial charge in [0.15, 0.2) is 5.82 Å². The fourth-order valence-electron chi connectivity index (χ4n) is 2.44. The summed E-state index contributed by atoms with van der Waals surface area (Å²) in [6.45, 7) is 0. The lowest BCUT2D eigenvalue weighted by Gasteiger charge is -2.15. The molecule has 0 atom stereocenters. The predicted molar refractivity (Wildman–Crippen MR) is 121 cm³/mol. The summed E-state index contributed by atoms with van der Waals surface area (Å²) in [5.74, 6) is 0.461. The number of rotatable bonds is 6. The zero-order valence-electron chi connectivity index (χ0n) is 15.2. The van der Waals surface area contributed by atoms with E-state index >= 15 is 0 Å². The molecule has 2 N–H and O–H groups in total. The number of amides is 1. The van der Waals surface area contributed by atoms with Crippen LogP contribution in [0, 0.1) is 3.57 Å². The van der Waals surface area contributed by atoms with Crippen molar-refractivity contribution >= 4 is 83.2 Å². The third-order valence-corrected chi connectivity index (χ3v) is 6.68. The molecule has 3 aromatic rings. The van der Waals surface area contributed by atoms with Gasteiger partial charge in [0.25, 0.3) is 5.91 Å². The summed E-state index contributed by atoms with van der Waals surface area (Å²) in [6.07, 6.45) is 2.20. The van der Waals surface area contributed by atoms with Crippen LogP contribution in [-0.2, 0) is 10.0 Å². The average Bonchev–Trinajstić information content (AvgIpc) is 3.09. The van der Waals surface area contributed by atoms with Crippen LogP contribution in [0.4, 0.5) is 11.5 Å². The molecule has 0 bridgehead atoms. The Labute approximate surface area is 189 Å². The molecule has 3 rings (SSSR count). The first kappa shape index (κ1) is 21.8. The summed E-state index contributed by atoms with van der Waals surface area (Å²) in [5, 5.41) is 4.55. The minimum atomic E-state index is -3.54. The predicted octanol–water partition coefficient (Wildman–Crippen LogP) is 3.59. The molecule has 0 unspecified atom stereocenters. The van der Waals surface area contributed by atoms with E-state index in [0.29, 0.717) is 31.0 Å². The maximum absolute atomic E-state index is 12.9. The molecule has 13 heteroatoms. The van der Waals surface area contributed by atoms with Gasteiger partial charge in [0.05, 0.1) is 45.5 Å². The molecule has 0 spiro atoms. The maximum Gasteiger partial charge on any atom is 0.258 e. The van der Waals surface area contributed by atoms with Crippen molar-refractivity contribution in [1.82, 2.24) is 9.97 Å². The first-order valence-corrected chi connectivity index (χ1v) is 12.0. The van der Waals surface area contributed by atoms with Crippen LogP contribution in [0.15, 0.2) is 17.8 Å². The highest BCUT2D eigenvalue weighted by atomic mass is 127. The first-order valence-electron chi connectivity index (χ1n) is 7.77. The van der Waals surface area contributed by atoms with Gasteiger partial charge >= 0.3 is 0 Å². The molecule has 0 aliphatic carbocycles. The lowest BCUT2D eigenvalue weighted by Crippen LogP contribution is -2.14. The van der Waals surface area contributed by atoms with Gasteiger partial charge in [-0.3, -0.25) is 9.52 Å². The van der Waals surface area contributed by atoms with Gasteiger partial charge in [0, 0.05) is 11.4 Å². The summed E-state index contributed by atoms with van der Waals surface area (Å²) >= 11 is 9.52. The van der Waals surface area contributed by atoms with E-state index in [1.54, 1.807) is 11.4 Å². The van der Waals surface area contributed by atoms with E-state index in [9.17, 15) is 13.2 Å². The smallest absolute Gasteiger partial charge is 0.258 e. The molecule has 0 saturated carbocycles. The molecular weight excluding hydrogens is 555 g/mol. The standard InChI is InChI=1S/C16H14ClIN4O5S2/c1-26-8-4-9(27-2)11(18)13(10(8)17)21-16(23)7-5-28-14-12(7)19-6-20-15(14)22-29(3,24)25/h4-6H,1-3H3,(H,21,23)(H,19,20,22). The SMILES string of the molecule is COc1cc(OC)c(I)c(NC(=O)c2csc3c(NS(C)(=O)=O)ncnc23)c1Cl. The third kappa shape index (κ3) is 4.49. The van der Waals surface area contributed by atoms with Crippen molar-refractivity contribution < 1.29 is 22.7 Å². The number of fused-ring (bicyclic) bond motifs is 1. The average molecular weight is 569 g/mol. The number of nitrogens with zero attached hydrogens (tertiary/aromatic N) is 2. The number of sulfonamides is 1. The lowest BCUT2D eigenvalue weighted by atomic mass is 10.2. The highest BCUT2D eigenvalue weighted by Crippen LogP contribution is 2.42. The summed E-state index contributed by atoms with van der Waals surface area (Å²) in [4.78, 5) is 21.0. The fraction of sp³-hybridized carbons (Fsp3) is 0.188. The Morgan fingerprint density at radius 3 is 2.55 bits per heavy atom. The molecule has 0 fully saturated rings. The molecule has 9 nitrogen and oxygen atoms in total. The Hall–Kier alpha value is -1.90. The minimum Gasteiger partial charge on any atom is -0.495 e. The molecule has 29 heavy (non-hydrogen) atoms. The van der Waals surface area contributed by atoms with E-state index in [1.807, 2.05) is 22.6 Å². The molecule has 1 amide bonds. The zero-order valence-corrected chi connectivity index (χ0v) is 19.8. The minimum absolute atomic E-state index is 0.109. The Balaban J connectivity index is 2.03. The van der Waals surface area contributed by atoms with E-state index in [4.69, 9.17) is 21.1 Å². The molecule has 0 aliphatic heterocycles. The number of anilines is 2. The Morgan fingerprint density at radius 2 is 1.93 bits per heavy atom. The highest BCUT2D eigenvalue weighted by Gasteiger charge is 2.22. The van der Waals surface area contributed by atoms with E-state index in [2.05, 4.69) is 20.0 Å². The van der Waals surface area contributed by atoms with E-state index in [0.717, 1.165) is 17.6 Å².